The molecule has 1 aromatic heterocycles. The van der Waals surface area contributed by atoms with E-state index in [-0.39, 0.29) is 10.7 Å². The molecular weight excluding hydrogens is 288 g/mol. The normalized spacial score (nSPS) is 11.2. The Hall–Kier alpha value is -0.550. The van der Waals surface area contributed by atoms with Crippen LogP contribution < -0.4 is 5.32 Å². The standard InChI is InChI=1S/C11H15BrN2OS/c1-11(2,3)16-7-9(15)14-10-8(12)5-4-6-13-10/h4-6H,7H2,1-3H3,(H,13,14,15). The van der Waals surface area contributed by atoms with Gasteiger partial charge in [-0.1, -0.05) is 20.8 Å². The third-order valence-corrected chi connectivity index (χ3v) is 3.57. The zero-order chi connectivity index (χ0) is 12.2. The van der Waals surface area contributed by atoms with Gasteiger partial charge in [-0.15, -0.1) is 11.8 Å². The largest absolute Gasteiger partial charge is 0.309 e. The molecule has 1 rings (SSSR count). The van der Waals surface area contributed by atoms with Gasteiger partial charge in [0.05, 0.1) is 10.2 Å². The molecule has 0 spiro atoms. The highest BCUT2D eigenvalue weighted by atomic mass is 79.9. The minimum absolute atomic E-state index is 0.0284. The number of thioether (sulfide) groups is 1. The summed E-state index contributed by atoms with van der Waals surface area (Å²) < 4.78 is 0.891. The Bertz CT molecular complexity index is 376. The monoisotopic (exact) mass is 302 g/mol. The van der Waals surface area contributed by atoms with E-state index in [1.165, 1.54) is 0 Å². The Labute approximate surface area is 109 Å². The van der Waals surface area contributed by atoms with Crippen molar-refractivity contribution in [2.45, 2.75) is 25.5 Å². The van der Waals surface area contributed by atoms with Gasteiger partial charge in [0.25, 0.3) is 0 Å². The van der Waals surface area contributed by atoms with Crippen molar-refractivity contribution in [2.75, 3.05) is 11.1 Å². The van der Waals surface area contributed by atoms with Crippen LogP contribution in [-0.4, -0.2) is 21.4 Å². The molecule has 0 saturated heterocycles. The fourth-order valence-electron chi connectivity index (χ4n) is 0.928. The lowest BCUT2D eigenvalue weighted by molar-refractivity contribution is -0.113. The van der Waals surface area contributed by atoms with Crippen molar-refractivity contribution >= 4 is 39.4 Å². The van der Waals surface area contributed by atoms with E-state index in [4.69, 9.17) is 0 Å². The van der Waals surface area contributed by atoms with Crippen LogP contribution in [0.5, 0.6) is 0 Å². The summed E-state index contributed by atoms with van der Waals surface area (Å²) in [6.45, 7) is 6.25. The van der Waals surface area contributed by atoms with E-state index in [9.17, 15) is 4.79 Å². The van der Waals surface area contributed by atoms with Crippen LogP contribution in [0.15, 0.2) is 22.8 Å². The Morgan fingerprint density at radius 2 is 2.25 bits per heavy atom. The molecule has 0 aliphatic heterocycles. The van der Waals surface area contributed by atoms with Crippen LogP contribution >= 0.6 is 27.7 Å². The van der Waals surface area contributed by atoms with Crippen molar-refractivity contribution in [1.29, 1.82) is 0 Å². The van der Waals surface area contributed by atoms with Crippen LogP contribution in [0.1, 0.15) is 20.8 Å². The average molecular weight is 303 g/mol. The van der Waals surface area contributed by atoms with Crippen molar-refractivity contribution in [3.05, 3.63) is 22.8 Å². The van der Waals surface area contributed by atoms with Gasteiger partial charge in [-0.05, 0) is 28.1 Å². The number of carbonyl (C=O) groups is 1. The van der Waals surface area contributed by atoms with E-state index < -0.39 is 0 Å². The number of halogens is 1. The quantitative estimate of drug-likeness (QED) is 0.931. The van der Waals surface area contributed by atoms with Gasteiger partial charge in [0.2, 0.25) is 5.91 Å². The number of carbonyl (C=O) groups excluding carboxylic acids is 1. The van der Waals surface area contributed by atoms with Gasteiger partial charge in [-0.3, -0.25) is 4.79 Å². The fraction of sp³-hybridized carbons (Fsp3) is 0.455. The molecule has 0 bridgehead atoms. The van der Waals surface area contributed by atoms with Crippen LogP contribution in [0, 0.1) is 0 Å². The fourth-order valence-corrected chi connectivity index (χ4v) is 1.92. The number of anilines is 1. The van der Waals surface area contributed by atoms with E-state index in [2.05, 4.69) is 47.0 Å². The first-order valence-corrected chi connectivity index (χ1v) is 6.71. The molecule has 0 radical (unpaired) electrons. The minimum Gasteiger partial charge on any atom is -0.309 e. The first-order valence-electron chi connectivity index (χ1n) is 4.93. The maximum absolute atomic E-state index is 11.6. The lowest BCUT2D eigenvalue weighted by Gasteiger charge is -2.16. The van der Waals surface area contributed by atoms with Crippen molar-refractivity contribution < 1.29 is 4.79 Å². The molecule has 1 aromatic rings. The molecular formula is C11H15BrN2OS. The van der Waals surface area contributed by atoms with E-state index in [1.54, 1.807) is 18.0 Å². The molecule has 16 heavy (non-hydrogen) atoms. The molecule has 5 heteroatoms. The summed E-state index contributed by atoms with van der Waals surface area (Å²) >= 11 is 4.94. The molecule has 0 aliphatic carbocycles. The SMILES string of the molecule is CC(C)(C)SCC(=O)Nc1ncccc1Br. The number of nitrogens with zero attached hydrogens (tertiary/aromatic N) is 1. The van der Waals surface area contributed by atoms with E-state index in [1.807, 2.05) is 12.1 Å². The van der Waals surface area contributed by atoms with E-state index in [0.717, 1.165) is 4.47 Å². The number of nitrogens with one attached hydrogen (secondary N) is 1. The molecule has 0 atom stereocenters. The summed E-state index contributed by atoms with van der Waals surface area (Å²) in [5.74, 6) is 0.980. The molecule has 0 aromatic carbocycles. The molecule has 0 saturated carbocycles. The summed E-state index contributed by atoms with van der Waals surface area (Å²) in [6, 6.07) is 3.66. The number of amides is 1. The molecule has 1 amide bonds. The molecule has 1 N–H and O–H groups in total. The number of pyridine rings is 1. The zero-order valence-electron chi connectivity index (χ0n) is 9.58. The lowest BCUT2D eigenvalue weighted by atomic mass is 10.3. The maximum atomic E-state index is 11.6. The van der Waals surface area contributed by atoms with Crippen molar-refractivity contribution in [2.24, 2.45) is 0 Å². The Kier molecular flexibility index (Phi) is 4.80. The topological polar surface area (TPSA) is 42.0 Å². The summed E-state index contributed by atoms with van der Waals surface area (Å²) in [5, 5.41) is 2.77. The van der Waals surface area contributed by atoms with Gasteiger partial charge >= 0.3 is 0 Å². The molecule has 0 fully saturated rings. The average Bonchev–Trinajstić information content (AvgIpc) is 2.18. The van der Waals surface area contributed by atoms with Gasteiger partial charge in [-0.25, -0.2) is 4.98 Å². The predicted octanol–water partition coefficient (Wildman–Crippen LogP) is 3.31. The van der Waals surface area contributed by atoms with Crippen molar-refractivity contribution in [1.82, 2.24) is 4.98 Å². The second-order valence-electron chi connectivity index (χ2n) is 4.28. The summed E-state index contributed by atoms with van der Waals surface area (Å²) in [5.41, 5.74) is 0. The smallest absolute Gasteiger partial charge is 0.235 e. The number of aromatic nitrogens is 1. The highest BCUT2D eigenvalue weighted by Gasteiger charge is 2.14. The molecule has 1 heterocycles. The summed E-state index contributed by atoms with van der Waals surface area (Å²) in [4.78, 5) is 15.7. The number of rotatable bonds is 3. The highest BCUT2D eigenvalue weighted by Crippen LogP contribution is 2.23. The molecule has 0 aliphatic rings. The Morgan fingerprint density at radius 1 is 1.56 bits per heavy atom. The van der Waals surface area contributed by atoms with Gasteiger partial charge in [0, 0.05) is 10.9 Å². The molecule has 3 nitrogen and oxygen atoms in total. The Balaban J connectivity index is 2.50. The molecule has 88 valence electrons. The van der Waals surface area contributed by atoms with Gasteiger partial charge < -0.3 is 5.32 Å². The second-order valence-corrected chi connectivity index (χ2v) is 6.94. The Morgan fingerprint density at radius 3 is 2.81 bits per heavy atom. The summed E-state index contributed by atoms with van der Waals surface area (Å²) in [6.07, 6.45) is 1.65. The van der Waals surface area contributed by atoms with E-state index >= 15 is 0 Å². The van der Waals surface area contributed by atoms with Gasteiger partial charge in [-0.2, -0.15) is 0 Å². The van der Waals surface area contributed by atoms with Crippen LogP contribution in [0.25, 0.3) is 0 Å². The maximum Gasteiger partial charge on any atom is 0.235 e. The van der Waals surface area contributed by atoms with E-state index in [0.29, 0.717) is 11.6 Å². The highest BCUT2D eigenvalue weighted by molar-refractivity contribution is 9.10. The number of hydrogen-bond donors (Lipinski definition) is 1. The van der Waals surface area contributed by atoms with Gasteiger partial charge in [0.1, 0.15) is 5.82 Å². The molecule has 0 unspecified atom stereocenters. The summed E-state index contributed by atoms with van der Waals surface area (Å²) in [7, 11) is 0. The van der Waals surface area contributed by atoms with Crippen LogP contribution in [0.3, 0.4) is 0 Å². The second kappa shape index (κ2) is 5.68. The predicted molar refractivity (Wildman–Crippen MR) is 72.8 cm³/mol. The van der Waals surface area contributed by atoms with Gasteiger partial charge in [0.15, 0.2) is 0 Å². The van der Waals surface area contributed by atoms with Crippen LogP contribution in [0.2, 0.25) is 0 Å². The van der Waals surface area contributed by atoms with Crippen molar-refractivity contribution in [3.8, 4) is 0 Å². The van der Waals surface area contributed by atoms with Crippen LogP contribution in [0.4, 0.5) is 5.82 Å². The minimum atomic E-state index is -0.0284. The third kappa shape index (κ3) is 4.99. The zero-order valence-corrected chi connectivity index (χ0v) is 12.0. The van der Waals surface area contributed by atoms with Crippen molar-refractivity contribution in [3.63, 3.8) is 0 Å². The van der Waals surface area contributed by atoms with Crippen LogP contribution in [-0.2, 0) is 4.79 Å². The third-order valence-electron chi connectivity index (χ3n) is 1.65. The lowest BCUT2D eigenvalue weighted by Crippen LogP contribution is -2.19. The first-order chi connectivity index (χ1) is 7.38. The number of hydrogen-bond acceptors (Lipinski definition) is 3. The first kappa shape index (κ1) is 13.5.